The summed E-state index contributed by atoms with van der Waals surface area (Å²) in [6.45, 7) is 2.99. The number of carbonyl (C=O) groups is 1. The van der Waals surface area contributed by atoms with E-state index in [9.17, 15) is 13.2 Å². The quantitative estimate of drug-likeness (QED) is 0.820. The summed E-state index contributed by atoms with van der Waals surface area (Å²) in [7, 11) is -3.54. The van der Waals surface area contributed by atoms with E-state index >= 15 is 0 Å². The zero-order valence-electron chi connectivity index (χ0n) is 15.3. The highest BCUT2D eigenvalue weighted by Crippen LogP contribution is 2.32. The molecule has 6 heteroatoms. The van der Waals surface area contributed by atoms with Gasteiger partial charge in [0.25, 0.3) is 0 Å². The number of carbonyl (C=O) groups excluding carboxylic acids is 1. The molecule has 0 N–H and O–H groups in total. The van der Waals surface area contributed by atoms with Crippen LogP contribution in [0.2, 0.25) is 0 Å². The van der Waals surface area contributed by atoms with Crippen LogP contribution in [0.25, 0.3) is 5.57 Å². The summed E-state index contributed by atoms with van der Waals surface area (Å²) in [5.74, 6) is -0.0148. The van der Waals surface area contributed by atoms with E-state index in [0.29, 0.717) is 37.4 Å². The van der Waals surface area contributed by atoms with Crippen LogP contribution in [0.4, 0.5) is 5.69 Å². The van der Waals surface area contributed by atoms with Gasteiger partial charge in [0.2, 0.25) is 15.9 Å². The maximum Gasteiger partial charge on any atom is 0.243 e. The van der Waals surface area contributed by atoms with E-state index in [1.807, 2.05) is 24.3 Å². The fourth-order valence-electron chi connectivity index (χ4n) is 3.80. The summed E-state index contributed by atoms with van der Waals surface area (Å²) < 4.78 is 27.7. The van der Waals surface area contributed by atoms with Crippen LogP contribution in [0.15, 0.2) is 59.5 Å². The van der Waals surface area contributed by atoms with Crippen molar-refractivity contribution in [1.29, 1.82) is 0 Å². The number of nitrogens with zero attached hydrogens (tertiary/aromatic N) is 2. The molecule has 27 heavy (non-hydrogen) atoms. The monoisotopic (exact) mass is 382 g/mol. The number of rotatable bonds is 3. The summed E-state index contributed by atoms with van der Waals surface area (Å²) in [5, 5.41) is 0. The van der Waals surface area contributed by atoms with Crippen LogP contribution in [-0.2, 0) is 21.2 Å². The number of benzene rings is 2. The number of hydrogen-bond acceptors (Lipinski definition) is 3. The van der Waals surface area contributed by atoms with E-state index in [-0.39, 0.29) is 5.91 Å². The maximum atomic E-state index is 13.1. The second-order valence-electron chi connectivity index (χ2n) is 6.92. The van der Waals surface area contributed by atoms with Gasteiger partial charge in [-0.3, -0.25) is 4.79 Å². The van der Waals surface area contributed by atoms with E-state index in [1.54, 1.807) is 23.1 Å². The standard InChI is InChI=1S/C21H22N2O3S/c1-16(24)23-14-11-19-15-20(7-8-21(19)23)27(25,26)22-12-9-18(10-13-22)17-5-3-2-4-6-17/h2-9,15H,10-14H2,1H3. The number of anilines is 1. The largest absolute Gasteiger partial charge is 0.312 e. The molecule has 4 rings (SSSR count). The lowest BCUT2D eigenvalue weighted by molar-refractivity contribution is -0.116. The molecule has 140 valence electrons. The third-order valence-corrected chi connectivity index (χ3v) is 7.14. The summed E-state index contributed by atoms with van der Waals surface area (Å²) in [4.78, 5) is 13.7. The molecule has 0 bridgehead atoms. The molecule has 0 radical (unpaired) electrons. The highest BCUT2D eigenvalue weighted by atomic mass is 32.2. The number of hydrogen-bond donors (Lipinski definition) is 0. The first-order valence-corrected chi connectivity index (χ1v) is 10.6. The highest BCUT2D eigenvalue weighted by Gasteiger charge is 2.29. The number of amides is 1. The predicted molar refractivity (Wildman–Crippen MR) is 106 cm³/mol. The normalized spacial score (nSPS) is 17.5. The van der Waals surface area contributed by atoms with Crippen LogP contribution in [0.1, 0.15) is 24.5 Å². The van der Waals surface area contributed by atoms with E-state index in [2.05, 4.69) is 12.1 Å². The predicted octanol–water partition coefficient (Wildman–Crippen LogP) is 3.07. The van der Waals surface area contributed by atoms with Crippen LogP contribution in [-0.4, -0.2) is 38.3 Å². The van der Waals surface area contributed by atoms with Gasteiger partial charge in [-0.25, -0.2) is 8.42 Å². The van der Waals surface area contributed by atoms with Gasteiger partial charge in [-0.15, -0.1) is 0 Å². The smallest absolute Gasteiger partial charge is 0.243 e. The van der Waals surface area contributed by atoms with Crippen molar-refractivity contribution in [2.24, 2.45) is 0 Å². The van der Waals surface area contributed by atoms with Crippen LogP contribution in [0.5, 0.6) is 0 Å². The lowest BCUT2D eigenvalue weighted by Gasteiger charge is -2.26. The van der Waals surface area contributed by atoms with Crippen molar-refractivity contribution in [3.8, 4) is 0 Å². The first-order valence-electron chi connectivity index (χ1n) is 9.12. The first-order chi connectivity index (χ1) is 13.0. The van der Waals surface area contributed by atoms with Gasteiger partial charge in [-0.1, -0.05) is 36.4 Å². The van der Waals surface area contributed by atoms with Gasteiger partial charge in [-0.05, 0) is 47.7 Å². The fraction of sp³-hybridized carbons (Fsp3) is 0.286. The van der Waals surface area contributed by atoms with Crippen LogP contribution in [0, 0.1) is 0 Å². The van der Waals surface area contributed by atoms with Crippen molar-refractivity contribution < 1.29 is 13.2 Å². The molecule has 0 aromatic heterocycles. The van der Waals surface area contributed by atoms with Gasteiger partial charge >= 0.3 is 0 Å². The van der Waals surface area contributed by atoms with Crippen molar-refractivity contribution in [1.82, 2.24) is 4.31 Å². The Bertz CT molecular complexity index is 1010. The lowest BCUT2D eigenvalue weighted by Crippen LogP contribution is -2.34. The summed E-state index contributed by atoms with van der Waals surface area (Å²) in [6.07, 6.45) is 3.39. The molecule has 5 nitrogen and oxygen atoms in total. The minimum Gasteiger partial charge on any atom is -0.312 e. The topological polar surface area (TPSA) is 57.7 Å². The molecule has 0 atom stereocenters. The zero-order valence-corrected chi connectivity index (χ0v) is 16.1. The Morgan fingerprint density at radius 3 is 2.44 bits per heavy atom. The first kappa shape index (κ1) is 17.9. The van der Waals surface area contributed by atoms with Crippen LogP contribution >= 0.6 is 0 Å². The second kappa shape index (κ2) is 6.94. The Kier molecular flexibility index (Phi) is 4.61. The molecule has 2 aliphatic heterocycles. The van der Waals surface area contributed by atoms with Crippen molar-refractivity contribution >= 4 is 27.2 Å². The second-order valence-corrected chi connectivity index (χ2v) is 8.86. The molecule has 1 amide bonds. The van der Waals surface area contributed by atoms with Gasteiger partial charge in [-0.2, -0.15) is 4.31 Å². The molecule has 2 aliphatic rings. The van der Waals surface area contributed by atoms with Crippen LogP contribution < -0.4 is 4.90 Å². The number of fused-ring (bicyclic) bond motifs is 1. The van der Waals surface area contributed by atoms with Crippen molar-refractivity contribution in [2.45, 2.75) is 24.7 Å². The Hall–Kier alpha value is -2.44. The van der Waals surface area contributed by atoms with Crippen LogP contribution in [0.3, 0.4) is 0 Å². The Balaban J connectivity index is 1.57. The Morgan fingerprint density at radius 1 is 1.00 bits per heavy atom. The number of sulfonamides is 1. The molecule has 2 aromatic rings. The summed E-state index contributed by atoms with van der Waals surface area (Å²) in [6, 6.07) is 15.2. The average Bonchev–Trinajstić information content (AvgIpc) is 3.12. The molecule has 2 aromatic carbocycles. The zero-order chi connectivity index (χ0) is 19.0. The van der Waals surface area contributed by atoms with Crippen molar-refractivity contribution in [2.75, 3.05) is 24.5 Å². The molecule has 0 aliphatic carbocycles. The molecule has 0 unspecified atom stereocenters. The summed E-state index contributed by atoms with van der Waals surface area (Å²) >= 11 is 0. The van der Waals surface area contributed by atoms with E-state index in [0.717, 1.165) is 16.8 Å². The molecule has 2 heterocycles. The molecule has 0 spiro atoms. The van der Waals surface area contributed by atoms with Crippen molar-refractivity contribution in [3.05, 3.63) is 65.7 Å². The lowest BCUT2D eigenvalue weighted by atomic mass is 10.0. The van der Waals surface area contributed by atoms with Crippen molar-refractivity contribution in [3.63, 3.8) is 0 Å². The minimum absolute atomic E-state index is 0.0148. The van der Waals surface area contributed by atoms with Gasteiger partial charge in [0.15, 0.2) is 0 Å². The van der Waals surface area contributed by atoms with E-state index in [1.165, 1.54) is 16.8 Å². The summed E-state index contributed by atoms with van der Waals surface area (Å²) in [5.41, 5.74) is 4.08. The Morgan fingerprint density at radius 2 is 1.78 bits per heavy atom. The fourth-order valence-corrected chi connectivity index (χ4v) is 5.23. The van der Waals surface area contributed by atoms with Gasteiger partial charge in [0.1, 0.15) is 0 Å². The van der Waals surface area contributed by atoms with Gasteiger partial charge in [0.05, 0.1) is 4.90 Å². The molecular formula is C21H22N2O3S. The minimum atomic E-state index is -3.54. The molecule has 0 saturated heterocycles. The average molecular weight is 382 g/mol. The molecular weight excluding hydrogens is 360 g/mol. The van der Waals surface area contributed by atoms with E-state index in [4.69, 9.17) is 0 Å². The van der Waals surface area contributed by atoms with Gasteiger partial charge in [0, 0.05) is 32.2 Å². The van der Waals surface area contributed by atoms with E-state index < -0.39 is 10.0 Å². The Labute approximate surface area is 160 Å². The van der Waals surface area contributed by atoms with Gasteiger partial charge < -0.3 is 4.90 Å². The maximum absolute atomic E-state index is 13.1. The third kappa shape index (κ3) is 3.31. The molecule has 0 saturated carbocycles. The molecule has 0 fully saturated rings. The third-order valence-electron chi connectivity index (χ3n) is 5.28. The highest BCUT2D eigenvalue weighted by molar-refractivity contribution is 7.89. The SMILES string of the molecule is CC(=O)N1CCc2cc(S(=O)(=O)N3CC=C(c4ccccc4)CC3)ccc21.